The van der Waals surface area contributed by atoms with Crippen LogP contribution in [-0.4, -0.2) is 27.4 Å². The first kappa shape index (κ1) is 15.9. The number of para-hydroxylation sites is 1. The summed E-state index contributed by atoms with van der Waals surface area (Å²) in [6, 6.07) is 7.95. The fourth-order valence-electron chi connectivity index (χ4n) is 2.35. The molecule has 3 rings (SSSR count). The summed E-state index contributed by atoms with van der Waals surface area (Å²) in [6.45, 7) is 2.81. The Kier molecular flexibility index (Phi) is 4.58. The minimum Gasteiger partial charge on any atom is -0.339 e. The van der Waals surface area contributed by atoms with Gasteiger partial charge in [-0.3, -0.25) is 9.59 Å². The second kappa shape index (κ2) is 6.64. The molecule has 1 amide bonds. The zero-order chi connectivity index (χ0) is 16.4. The number of hydrogen-bond donors (Lipinski definition) is 0. The molecular formula is C16H17N3O2S2. The van der Waals surface area contributed by atoms with Crippen molar-refractivity contribution in [2.24, 2.45) is 0 Å². The molecule has 3 aromatic rings. The van der Waals surface area contributed by atoms with E-state index in [1.807, 2.05) is 36.6 Å². The van der Waals surface area contributed by atoms with Gasteiger partial charge in [0.1, 0.15) is 5.01 Å². The zero-order valence-corrected chi connectivity index (χ0v) is 14.6. The molecule has 0 aliphatic heterocycles. The molecule has 23 heavy (non-hydrogen) atoms. The maximum absolute atomic E-state index is 12.3. The molecule has 0 atom stereocenters. The summed E-state index contributed by atoms with van der Waals surface area (Å²) in [5.41, 5.74) is 1.87. The Morgan fingerprint density at radius 3 is 2.83 bits per heavy atom. The quantitative estimate of drug-likeness (QED) is 0.713. The Balaban J connectivity index is 1.62. The van der Waals surface area contributed by atoms with E-state index in [0.29, 0.717) is 19.5 Å². The van der Waals surface area contributed by atoms with Gasteiger partial charge in [0.05, 0.1) is 16.8 Å². The molecule has 1 aromatic carbocycles. The fraction of sp³-hybridized carbons (Fsp3) is 0.312. The van der Waals surface area contributed by atoms with E-state index in [4.69, 9.17) is 0 Å². The van der Waals surface area contributed by atoms with Gasteiger partial charge in [0.2, 0.25) is 5.91 Å². The topological polar surface area (TPSA) is 55.2 Å². The first-order chi connectivity index (χ1) is 11.0. The second-order valence-electron chi connectivity index (χ2n) is 5.37. The third-order valence-electron chi connectivity index (χ3n) is 3.66. The number of carbonyl (C=O) groups is 1. The lowest BCUT2D eigenvalue weighted by atomic mass is 10.3. The monoisotopic (exact) mass is 347 g/mol. The molecule has 0 unspecified atom stereocenters. The normalized spacial score (nSPS) is 11.0. The molecule has 2 aromatic heterocycles. The van der Waals surface area contributed by atoms with Crippen LogP contribution in [0.25, 0.3) is 10.2 Å². The zero-order valence-electron chi connectivity index (χ0n) is 13.0. The number of aryl methyl sites for hydroxylation is 1. The SMILES string of the molecule is Cc1csc(=O)n1CCC(=O)N(C)Cc1nc2ccccc2s1. The third-order valence-corrected chi connectivity index (χ3v) is 5.56. The summed E-state index contributed by atoms with van der Waals surface area (Å²) in [6.07, 6.45) is 0.318. The number of thiazole rings is 2. The largest absolute Gasteiger partial charge is 0.339 e. The molecule has 120 valence electrons. The van der Waals surface area contributed by atoms with Crippen LogP contribution in [-0.2, 0) is 17.9 Å². The molecule has 0 N–H and O–H groups in total. The Morgan fingerprint density at radius 2 is 2.13 bits per heavy atom. The summed E-state index contributed by atoms with van der Waals surface area (Å²) in [4.78, 5) is 30.1. The summed E-state index contributed by atoms with van der Waals surface area (Å²) in [5, 5.41) is 2.74. The fourth-order valence-corrected chi connectivity index (χ4v) is 4.13. The van der Waals surface area contributed by atoms with Crippen molar-refractivity contribution in [2.75, 3.05) is 7.05 Å². The van der Waals surface area contributed by atoms with Gasteiger partial charge in [0, 0.05) is 31.1 Å². The van der Waals surface area contributed by atoms with E-state index in [2.05, 4.69) is 4.98 Å². The molecule has 7 heteroatoms. The van der Waals surface area contributed by atoms with Crippen molar-refractivity contribution in [1.82, 2.24) is 14.5 Å². The lowest BCUT2D eigenvalue weighted by Crippen LogP contribution is -2.28. The Labute approximate surface area is 141 Å². The number of rotatable bonds is 5. The van der Waals surface area contributed by atoms with Crippen LogP contribution in [0.4, 0.5) is 0 Å². The summed E-state index contributed by atoms with van der Waals surface area (Å²) >= 11 is 2.78. The highest BCUT2D eigenvalue weighted by molar-refractivity contribution is 7.18. The number of fused-ring (bicyclic) bond motifs is 1. The van der Waals surface area contributed by atoms with Crippen LogP contribution < -0.4 is 4.87 Å². The highest BCUT2D eigenvalue weighted by Gasteiger charge is 2.13. The van der Waals surface area contributed by atoms with E-state index in [0.717, 1.165) is 20.9 Å². The smallest absolute Gasteiger partial charge is 0.307 e. The number of hydrogen-bond acceptors (Lipinski definition) is 5. The van der Waals surface area contributed by atoms with Gasteiger partial charge in [0.15, 0.2) is 0 Å². The number of carbonyl (C=O) groups excluding carboxylic acids is 1. The van der Waals surface area contributed by atoms with E-state index < -0.39 is 0 Å². The lowest BCUT2D eigenvalue weighted by Gasteiger charge is -2.15. The summed E-state index contributed by atoms with van der Waals surface area (Å²) in [5.74, 6) is 0.0155. The van der Waals surface area contributed by atoms with Crippen molar-refractivity contribution in [2.45, 2.75) is 26.4 Å². The Morgan fingerprint density at radius 1 is 1.35 bits per heavy atom. The predicted molar refractivity (Wildman–Crippen MR) is 94.0 cm³/mol. The van der Waals surface area contributed by atoms with Gasteiger partial charge in [-0.1, -0.05) is 23.5 Å². The van der Waals surface area contributed by atoms with Crippen molar-refractivity contribution < 1.29 is 4.79 Å². The van der Waals surface area contributed by atoms with Crippen LogP contribution in [0.5, 0.6) is 0 Å². The summed E-state index contributed by atoms with van der Waals surface area (Å²) < 4.78 is 2.78. The molecule has 0 radical (unpaired) electrons. The van der Waals surface area contributed by atoms with E-state index in [1.54, 1.807) is 27.9 Å². The molecule has 0 saturated heterocycles. The van der Waals surface area contributed by atoms with Crippen LogP contribution in [0.1, 0.15) is 17.1 Å². The highest BCUT2D eigenvalue weighted by Crippen LogP contribution is 2.22. The maximum Gasteiger partial charge on any atom is 0.307 e. The number of amides is 1. The van der Waals surface area contributed by atoms with Crippen molar-refractivity contribution in [1.29, 1.82) is 0 Å². The molecule has 0 aliphatic rings. The second-order valence-corrected chi connectivity index (χ2v) is 7.31. The standard InChI is InChI=1S/C16H17N3O2S2/c1-11-10-22-16(21)19(11)8-7-15(20)18(2)9-14-17-12-5-3-4-6-13(12)23-14/h3-6,10H,7-9H2,1-2H3. The summed E-state index contributed by atoms with van der Waals surface area (Å²) in [7, 11) is 1.78. The van der Waals surface area contributed by atoms with Gasteiger partial charge in [-0.25, -0.2) is 4.98 Å². The molecule has 0 fully saturated rings. The molecule has 5 nitrogen and oxygen atoms in total. The van der Waals surface area contributed by atoms with Gasteiger partial charge >= 0.3 is 4.87 Å². The molecule has 0 aliphatic carbocycles. The van der Waals surface area contributed by atoms with Crippen LogP contribution in [0.15, 0.2) is 34.4 Å². The molecule has 0 spiro atoms. The van der Waals surface area contributed by atoms with Gasteiger partial charge in [0.25, 0.3) is 0 Å². The first-order valence-electron chi connectivity index (χ1n) is 7.28. The Hall–Kier alpha value is -1.99. The third kappa shape index (κ3) is 3.51. The molecular weight excluding hydrogens is 330 g/mol. The highest BCUT2D eigenvalue weighted by atomic mass is 32.1. The van der Waals surface area contributed by atoms with Gasteiger partial charge in [-0.15, -0.1) is 11.3 Å². The predicted octanol–water partition coefficient (Wildman–Crippen LogP) is 2.88. The first-order valence-corrected chi connectivity index (χ1v) is 8.97. The molecule has 0 saturated carbocycles. The minimum absolute atomic E-state index is 0.0101. The van der Waals surface area contributed by atoms with Crippen LogP contribution in [0.2, 0.25) is 0 Å². The van der Waals surface area contributed by atoms with Gasteiger partial charge in [-0.2, -0.15) is 0 Å². The van der Waals surface area contributed by atoms with Crippen LogP contribution in [0, 0.1) is 6.92 Å². The number of benzene rings is 1. The van der Waals surface area contributed by atoms with Crippen molar-refractivity contribution in [3.63, 3.8) is 0 Å². The van der Waals surface area contributed by atoms with Crippen molar-refractivity contribution >= 4 is 38.8 Å². The Bertz CT molecular complexity index is 861. The molecule has 2 heterocycles. The van der Waals surface area contributed by atoms with Crippen LogP contribution in [0.3, 0.4) is 0 Å². The van der Waals surface area contributed by atoms with E-state index in [-0.39, 0.29) is 10.8 Å². The minimum atomic E-state index is -0.0101. The number of nitrogens with zero attached hydrogens (tertiary/aromatic N) is 3. The van der Waals surface area contributed by atoms with Crippen LogP contribution >= 0.6 is 22.7 Å². The number of aromatic nitrogens is 2. The van der Waals surface area contributed by atoms with Gasteiger partial charge < -0.3 is 9.47 Å². The van der Waals surface area contributed by atoms with Gasteiger partial charge in [-0.05, 0) is 19.1 Å². The maximum atomic E-state index is 12.3. The average Bonchev–Trinajstić information content (AvgIpc) is 3.08. The van der Waals surface area contributed by atoms with E-state index >= 15 is 0 Å². The lowest BCUT2D eigenvalue weighted by molar-refractivity contribution is -0.130. The van der Waals surface area contributed by atoms with E-state index in [9.17, 15) is 9.59 Å². The average molecular weight is 347 g/mol. The van der Waals surface area contributed by atoms with Crippen molar-refractivity contribution in [3.05, 3.63) is 50.0 Å². The molecule has 0 bridgehead atoms. The van der Waals surface area contributed by atoms with Crippen molar-refractivity contribution in [3.8, 4) is 0 Å². The van der Waals surface area contributed by atoms with E-state index in [1.165, 1.54) is 11.3 Å².